The molecule has 23 heteroatoms. The SMILES string of the molecule is COc1cc2c(Oc3ccc(NC(=O)c4c(C)n(C)n(-c5ccccc5)c4=O)nc3)ccnc2cc1OCCCN1CC(O)C2(CC2)C1.Cc1c(C(=O)Nc2ccc(Oc3ccnc4cc(OCCCN5CC(O)C6(CC6)C5)ccc34)cn2)c(=O)n(-c2ccccc2)n1C. The van der Waals surface area contributed by atoms with E-state index in [1.165, 1.54) is 21.8 Å². The Morgan fingerprint density at radius 3 is 1.47 bits per heavy atom. The maximum Gasteiger partial charge on any atom is 0.284 e. The van der Waals surface area contributed by atoms with Crippen LogP contribution in [0.2, 0.25) is 0 Å². The van der Waals surface area contributed by atoms with Crippen molar-refractivity contribution in [3.8, 4) is 51.6 Å². The number of aliphatic hydroxyl groups is 2. The van der Waals surface area contributed by atoms with E-state index in [9.17, 15) is 29.4 Å². The van der Waals surface area contributed by atoms with Gasteiger partial charge in [-0.25, -0.2) is 19.3 Å². The number of carbonyl (C=O) groups excluding carboxylic acids is 2. The van der Waals surface area contributed by atoms with E-state index in [1.807, 2.05) is 91.0 Å². The summed E-state index contributed by atoms with van der Waals surface area (Å²) in [5.41, 5.74) is 3.43. The van der Waals surface area contributed by atoms with Crippen molar-refractivity contribution in [3.63, 3.8) is 0 Å². The van der Waals surface area contributed by atoms with Gasteiger partial charge < -0.3 is 44.5 Å². The van der Waals surface area contributed by atoms with Crippen LogP contribution >= 0.6 is 0 Å². The molecule has 14 rings (SSSR count). The molecule has 4 N–H and O–H groups in total. The van der Waals surface area contributed by atoms with Crippen molar-refractivity contribution in [3.05, 3.63) is 195 Å². The van der Waals surface area contributed by atoms with Crippen molar-refractivity contribution >= 4 is 45.3 Å². The molecule has 2 unspecified atom stereocenters. The Hall–Kier alpha value is -10.2. The minimum absolute atomic E-state index is 0.0435. The number of carbonyl (C=O) groups is 2. The highest BCUT2D eigenvalue weighted by Crippen LogP contribution is 2.53. The van der Waals surface area contributed by atoms with Gasteiger partial charge in [-0.3, -0.25) is 48.3 Å². The molecule has 6 aromatic heterocycles. The van der Waals surface area contributed by atoms with Crippen molar-refractivity contribution in [2.45, 2.75) is 64.6 Å². The molecule has 10 aromatic rings. The number of ether oxygens (including phenoxy) is 5. The first kappa shape index (κ1) is 62.6. The van der Waals surface area contributed by atoms with Gasteiger partial charge in [0.1, 0.15) is 51.5 Å². The largest absolute Gasteiger partial charge is 0.493 e. The quantitative estimate of drug-likeness (QED) is 0.0489. The molecule has 4 fully saturated rings. The number of rotatable bonds is 21. The highest BCUT2D eigenvalue weighted by Gasteiger charge is 2.55. The summed E-state index contributed by atoms with van der Waals surface area (Å²) in [6.45, 7) is 9.83. The Kier molecular flexibility index (Phi) is 17.6. The normalized spacial score (nSPS) is 16.8. The molecule has 94 heavy (non-hydrogen) atoms. The monoisotopic (exact) mass is 1270 g/mol. The summed E-state index contributed by atoms with van der Waals surface area (Å²) in [4.78, 5) is 75.1. The number of nitrogens with one attached hydrogen (secondary N) is 2. The number of hydrogen-bond acceptors (Lipinski definition) is 17. The number of amides is 2. The molecule has 4 aliphatic rings. The number of pyridine rings is 4. The number of aliphatic hydroxyl groups excluding tert-OH is 2. The van der Waals surface area contributed by atoms with Crippen molar-refractivity contribution in [1.82, 2.24) is 48.5 Å². The van der Waals surface area contributed by atoms with Gasteiger partial charge in [0.25, 0.3) is 22.9 Å². The number of hydrogen-bond donors (Lipinski definition) is 4. The lowest BCUT2D eigenvalue weighted by Crippen LogP contribution is -2.25. The number of methoxy groups -OCH3 is 1. The predicted molar refractivity (Wildman–Crippen MR) is 355 cm³/mol. The van der Waals surface area contributed by atoms with Crippen molar-refractivity contribution < 1.29 is 43.5 Å². The Labute approximate surface area is 541 Å². The summed E-state index contributed by atoms with van der Waals surface area (Å²) < 4.78 is 36.3. The molecule has 2 saturated carbocycles. The van der Waals surface area contributed by atoms with Crippen LogP contribution in [0.4, 0.5) is 11.6 Å². The van der Waals surface area contributed by atoms with Crippen molar-refractivity contribution in [1.29, 1.82) is 0 Å². The average Bonchev–Trinajstić information content (AvgIpc) is 1.54. The van der Waals surface area contributed by atoms with Gasteiger partial charge >= 0.3 is 0 Å². The fraction of sp³-hybridized carbons (Fsp3) is 0.324. The van der Waals surface area contributed by atoms with E-state index in [4.69, 9.17) is 23.7 Å². The zero-order valence-corrected chi connectivity index (χ0v) is 53.0. The predicted octanol–water partition coefficient (Wildman–Crippen LogP) is 9.40. The van der Waals surface area contributed by atoms with Gasteiger partial charge in [0.2, 0.25) is 0 Å². The number of benzene rings is 4. The highest BCUT2D eigenvalue weighted by molar-refractivity contribution is 6.05. The van der Waals surface area contributed by atoms with E-state index < -0.39 is 22.9 Å². The molecule has 4 aromatic carbocycles. The van der Waals surface area contributed by atoms with E-state index in [2.05, 4.69) is 40.4 Å². The zero-order valence-electron chi connectivity index (χ0n) is 53.0. The summed E-state index contributed by atoms with van der Waals surface area (Å²) in [7, 11) is 5.08. The summed E-state index contributed by atoms with van der Waals surface area (Å²) >= 11 is 0. The first-order valence-corrected chi connectivity index (χ1v) is 31.6. The number of anilines is 2. The molecular formula is C71H74N12O11. The average molecular weight is 1270 g/mol. The fourth-order valence-electron chi connectivity index (χ4n) is 12.8. The second-order valence-electron chi connectivity index (χ2n) is 24.7. The van der Waals surface area contributed by atoms with E-state index >= 15 is 0 Å². The summed E-state index contributed by atoms with van der Waals surface area (Å²) in [6, 6.07) is 37.9. The molecule has 2 atom stereocenters. The number of likely N-dealkylation sites (tertiary alicyclic amines) is 2. The maximum absolute atomic E-state index is 13.2. The standard InChI is InChI=1S/C36H38N6O6.C35H36N6O5/c1-23-33(35(45)42(40(23)2)24-8-5-4-6-9-24)34(44)39-32-11-10-25(20-38-32)48-28-12-15-37-27-19-30(29(46-3)18-26(27)28)47-17-7-16-41-21-31(43)36(22-41)13-14-36;1-23-32(34(44)41(39(23)2)24-7-4-3-5-8-24)33(43)38-31-12-10-26(20-37-31)46-29-13-16-36-28-19-25(9-11-27(28)29)45-18-6-17-40-21-30(42)35(22-40)14-15-35/h4-6,8-12,15,18-20,31,43H,7,13-14,16-17,21-22H2,1-3H3,(H,38,39,44);3-5,7-13,16,19-20,30,42H,6,14-15,17-18,21-22H2,1-2H3,(H,37,38,43). The lowest BCUT2D eigenvalue weighted by molar-refractivity contribution is 0.101. The van der Waals surface area contributed by atoms with Gasteiger partial charge in [-0.1, -0.05) is 36.4 Å². The van der Waals surface area contributed by atoms with Crippen LogP contribution in [-0.4, -0.2) is 142 Å². The van der Waals surface area contributed by atoms with Gasteiger partial charge in [0.15, 0.2) is 11.5 Å². The topological polar surface area (TPSA) is 257 Å². The third-order valence-electron chi connectivity index (χ3n) is 18.5. The minimum atomic E-state index is -0.546. The second kappa shape index (κ2) is 26.4. The molecule has 23 nitrogen and oxygen atoms in total. The van der Waals surface area contributed by atoms with E-state index in [0.717, 1.165) is 99.8 Å². The fourth-order valence-corrected chi connectivity index (χ4v) is 12.8. The molecule has 8 heterocycles. The summed E-state index contributed by atoms with van der Waals surface area (Å²) in [5, 5.41) is 27.6. The Balaban J connectivity index is 0.000000171. The lowest BCUT2D eigenvalue weighted by atomic mass is 10.0. The molecule has 2 saturated heterocycles. The lowest BCUT2D eigenvalue weighted by Gasteiger charge is -2.17. The molecule has 0 bridgehead atoms. The molecule has 2 aliphatic heterocycles. The molecule has 2 aliphatic carbocycles. The molecule has 2 spiro atoms. The first-order valence-electron chi connectivity index (χ1n) is 31.6. The third-order valence-corrected chi connectivity index (χ3v) is 18.5. The molecule has 0 radical (unpaired) electrons. The van der Waals surface area contributed by atoms with Crippen molar-refractivity contribution in [2.24, 2.45) is 24.9 Å². The van der Waals surface area contributed by atoms with Gasteiger partial charge in [-0.15, -0.1) is 0 Å². The van der Waals surface area contributed by atoms with Crippen LogP contribution in [-0.2, 0) is 14.1 Å². The van der Waals surface area contributed by atoms with Gasteiger partial charge in [-0.2, -0.15) is 0 Å². The third kappa shape index (κ3) is 13.0. The van der Waals surface area contributed by atoms with Crippen LogP contribution in [0.3, 0.4) is 0 Å². The summed E-state index contributed by atoms with van der Waals surface area (Å²) in [6.07, 6.45) is 12.2. The zero-order chi connectivity index (χ0) is 65.3. The van der Waals surface area contributed by atoms with Crippen LogP contribution < -0.4 is 45.4 Å². The Morgan fingerprint density at radius 2 is 1.01 bits per heavy atom. The highest BCUT2D eigenvalue weighted by atomic mass is 16.5. The number of para-hydroxylation sites is 2. The van der Waals surface area contributed by atoms with E-state index in [1.54, 1.807) is 93.2 Å². The first-order chi connectivity index (χ1) is 45.6. The number of nitrogens with zero attached hydrogens (tertiary/aromatic N) is 10. The van der Waals surface area contributed by atoms with Crippen LogP contribution in [0.15, 0.2) is 162 Å². The van der Waals surface area contributed by atoms with Crippen LogP contribution in [0.25, 0.3) is 33.2 Å². The molecule has 484 valence electrons. The van der Waals surface area contributed by atoms with Gasteiger partial charge in [-0.05, 0) is 131 Å². The summed E-state index contributed by atoms with van der Waals surface area (Å²) in [5.74, 6) is 3.47. The number of β-amino-alcohol motifs (C(OH)–C–C–N with tert-alkyl or cyclic N) is 2. The maximum atomic E-state index is 13.2. The second-order valence-corrected chi connectivity index (χ2v) is 24.7. The molecule has 2 amide bonds. The van der Waals surface area contributed by atoms with Gasteiger partial charge in [0, 0.05) is 99.5 Å². The Bertz CT molecular complexity index is 4550. The minimum Gasteiger partial charge on any atom is -0.493 e. The van der Waals surface area contributed by atoms with Crippen LogP contribution in [0.5, 0.6) is 40.2 Å². The number of aromatic nitrogens is 8. The van der Waals surface area contributed by atoms with E-state index in [-0.39, 0.29) is 40.0 Å². The molecular weight excluding hydrogens is 1200 g/mol. The van der Waals surface area contributed by atoms with Crippen LogP contribution in [0, 0.1) is 24.7 Å². The smallest absolute Gasteiger partial charge is 0.284 e. The van der Waals surface area contributed by atoms with Crippen molar-refractivity contribution in [2.75, 3.05) is 70.2 Å². The van der Waals surface area contributed by atoms with Crippen LogP contribution in [0.1, 0.15) is 70.6 Å². The Morgan fingerprint density at radius 1 is 0.543 bits per heavy atom. The van der Waals surface area contributed by atoms with Gasteiger partial charge in [0.05, 0.1) is 78.7 Å². The van der Waals surface area contributed by atoms with E-state index in [0.29, 0.717) is 81.8 Å². The number of fused-ring (bicyclic) bond motifs is 2.